The van der Waals surface area contributed by atoms with Crippen LogP contribution in [0.2, 0.25) is 0 Å². The van der Waals surface area contributed by atoms with Crippen LogP contribution < -0.4 is 18.9 Å². The van der Waals surface area contributed by atoms with E-state index in [-0.39, 0.29) is 0 Å². The fraction of sp³-hybridized carbons (Fsp3) is 0.667. The topological polar surface area (TPSA) is 62.7 Å². The molecule has 0 bridgehead atoms. The van der Waals surface area contributed by atoms with Crippen LogP contribution in [0.15, 0.2) is 74.1 Å². The highest BCUT2D eigenvalue weighted by atomic mass is 16.5. The van der Waals surface area contributed by atoms with Gasteiger partial charge in [0.25, 0.3) is 0 Å². The maximum Gasteiger partial charge on any atom is 0.127 e. The third kappa shape index (κ3) is 46.5. The van der Waals surface area contributed by atoms with Crippen LogP contribution in [0, 0.1) is 0 Å². The number of ether oxygens (including phenoxy) is 4. The Kier molecular flexibility index (Phi) is 56.9. The predicted octanol–water partition coefficient (Wildman–Crippen LogP) is 31.7. The van der Waals surface area contributed by atoms with Crippen molar-refractivity contribution in [2.24, 2.45) is 0 Å². The maximum atomic E-state index is 6.79. The smallest absolute Gasteiger partial charge is 0.127 e. The Morgan fingerprint density at radius 1 is 0.235 bits per heavy atom. The number of hydrogen-bond donors (Lipinski definition) is 0. The predicted molar refractivity (Wildman–Crippen MR) is 452 cm³/mol. The number of pyridine rings is 2. The first-order valence-corrected chi connectivity index (χ1v) is 43.6. The van der Waals surface area contributed by atoms with Gasteiger partial charge in [-0.25, -0.2) is 0 Å². The summed E-state index contributed by atoms with van der Waals surface area (Å²) >= 11 is 0. The number of hydrogen-bond acceptors (Lipinski definition) is 6. The van der Waals surface area contributed by atoms with E-state index in [4.69, 9.17) is 23.9 Å². The Morgan fingerprint density at radius 2 is 0.451 bits per heavy atom. The Labute approximate surface area is 629 Å². The molecule has 0 unspecified atom stereocenters. The molecule has 0 saturated heterocycles. The third-order valence-corrected chi connectivity index (χ3v) is 20.7. The largest absolute Gasteiger partial charge is 0.493 e. The van der Waals surface area contributed by atoms with E-state index in [0.29, 0.717) is 26.4 Å². The molecule has 0 spiro atoms. The molecule has 0 aliphatic rings. The molecule has 6 nitrogen and oxygen atoms in total. The average molecular weight is 1400 g/mol. The number of nitrogens with zero attached hydrogens (tertiary/aromatic N) is 2. The molecular formula is C96H154N2O4. The van der Waals surface area contributed by atoms with Gasteiger partial charge in [-0.1, -0.05) is 417 Å². The highest BCUT2D eigenvalue weighted by molar-refractivity contribution is 5.79. The van der Waals surface area contributed by atoms with Gasteiger partial charge in [0, 0.05) is 34.6 Å². The molecule has 0 amide bonds. The molecule has 572 valence electrons. The van der Waals surface area contributed by atoms with Gasteiger partial charge in [0.1, 0.15) is 23.0 Å². The van der Waals surface area contributed by atoms with E-state index in [1.54, 1.807) is 6.08 Å². The van der Waals surface area contributed by atoms with Crippen LogP contribution in [-0.4, -0.2) is 36.4 Å². The SMILES string of the molecule is C=Cc1ccc(/C=C/c2cc(OCCCCCCCCCCCCCCCC)c(/C=C/c3ccc(/C=C/c4cc(OCCCCCCCCCCCCCCCC)c(C=C)cc4OCCCCCCCCCCCCCCCC)cn3)cc2OCCCCCCCCCCCCCCCC)cn1. The fourth-order valence-electron chi connectivity index (χ4n) is 13.9. The van der Waals surface area contributed by atoms with E-state index in [9.17, 15) is 0 Å². The minimum absolute atomic E-state index is 0.670. The van der Waals surface area contributed by atoms with Crippen LogP contribution in [0.4, 0.5) is 0 Å². The summed E-state index contributed by atoms with van der Waals surface area (Å²) in [5.41, 5.74) is 7.77. The first-order chi connectivity index (χ1) is 50.5. The minimum Gasteiger partial charge on any atom is -0.493 e. The molecule has 0 saturated carbocycles. The van der Waals surface area contributed by atoms with Crippen molar-refractivity contribution in [2.45, 2.75) is 387 Å². The fourth-order valence-corrected chi connectivity index (χ4v) is 13.9. The molecule has 0 fully saturated rings. The van der Waals surface area contributed by atoms with Crippen LogP contribution >= 0.6 is 0 Å². The van der Waals surface area contributed by atoms with Crippen molar-refractivity contribution in [3.05, 3.63) is 119 Å². The van der Waals surface area contributed by atoms with Crippen LogP contribution in [0.25, 0.3) is 48.6 Å². The normalized spacial score (nSPS) is 11.7. The number of rotatable bonds is 72. The summed E-state index contributed by atoms with van der Waals surface area (Å²) in [5.74, 6) is 3.46. The molecule has 2 aromatic heterocycles. The zero-order valence-corrected chi connectivity index (χ0v) is 66.8. The molecule has 0 atom stereocenters. The Bertz CT molecular complexity index is 2690. The lowest BCUT2D eigenvalue weighted by molar-refractivity contribution is 0.295. The summed E-state index contributed by atoms with van der Waals surface area (Å²) in [6.07, 6.45) is 95.2. The van der Waals surface area contributed by atoms with Crippen LogP contribution in [-0.2, 0) is 0 Å². The summed E-state index contributed by atoms with van der Waals surface area (Å²) in [4.78, 5) is 9.60. The lowest BCUT2D eigenvalue weighted by atomic mass is 10.0. The Hall–Kier alpha value is -5.36. The van der Waals surface area contributed by atoms with Gasteiger partial charge in [-0.15, -0.1) is 0 Å². The van der Waals surface area contributed by atoms with Crippen LogP contribution in [0.3, 0.4) is 0 Å². The summed E-state index contributed by atoms with van der Waals surface area (Å²) in [7, 11) is 0. The molecule has 4 aromatic rings. The first kappa shape index (κ1) is 89.0. The summed E-state index contributed by atoms with van der Waals surface area (Å²) < 4.78 is 26.8. The molecule has 4 rings (SSSR count). The van der Waals surface area contributed by atoms with Crippen molar-refractivity contribution >= 4 is 48.6 Å². The minimum atomic E-state index is 0.670. The molecule has 6 heteroatoms. The van der Waals surface area contributed by atoms with E-state index < -0.39 is 0 Å². The number of benzene rings is 2. The molecular weight excluding hydrogens is 1250 g/mol. The van der Waals surface area contributed by atoms with Gasteiger partial charge in [0.15, 0.2) is 0 Å². The van der Waals surface area contributed by atoms with Gasteiger partial charge in [-0.05, 0) is 91.4 Å². The molecule has 102 heavy (non-hydrogen) atoms. The zero-order valence-electron chi connectivity index (χ0n) is 66.8. The third-order valence-electron chi connectivity index (χ3n) is 20.7. The molecule has 0 radical (unpaired) electrons. The molecule has 0 aliphatic heterocycles. The van der Waals surface area contributed by atoms with Crippen molar-refractivity contribution in [3.8, 4) is 23.0 Å². The van der Waals surface area contributed by atoms with Gasteiger partial charge in [0.2, 0.25) is 0 Å². The van der Waals surface area contributed by atoms with Crippen molar-refractivity contribution in [1.29, 1.82) is 0 Å². The quantitative estimate of drug-likeness (QED) is 0.0411. The Morgan fingerprint density at radius 3 is 0.676 bits per heavy atom. The Balaban J connectivity index is 1.47. The standard InChI is InChI=1S/C96H154N2O4/c1-7-13-17-21-25-29-33-37-41-45-49-53-57-61-75-99-93-80-88(94(79-87(93)11-5)100-76-62-58-54-50-46-42-38-34-30-26-22-18-14-8-2)69-66-86-68-73-92(98-84-86)74-71-90-82-95(101-77-63-59-55-51-47-43-39-35-31-27-23-19-15-9-3)89(70-65-85-67-72-91(12-6)97-83-85)81-96(90)102-78-64-60-56-52-48-44-40-36-32-28-24-20-16-10-4/h11-12,65-74,79-84H,5-10,13-64,75-78H2,1-4H3/b69-66+,70-65+,74-71+. The monoisotopic (exact) mass is 1400 g/mol. The summed E-state index contributed by atoms with van der Waals surface area (Å²) in [5, 5.41) is 0. The van der Waals surface area contributed by atoms with E-state index in [1.807, 2.05) is 24.5 Å². The molecule has 2 heterocycles. The number of aromatic nitrogens is 2. The van der Waals surface area contributed by atoms with Gasteiger partial charge in [-0.2, -0.15) is 0 Å². The second kappa shape index (κ2) is 65.2. The molecule has 2 aromatic carbocycles. The van der Waals surface area contributed by atoms with Gasteiger partial charge in [-0.3, -0.25) is 9.97 Å². The number of unbranched alkanes of at least 4 members (excludes halogenated alkanes) is 52. The van der Waals surface area contributed by atoms with Gasteiger partial charge < -0.3 is 18.9 Å². The van der Waals surface area contributed by atoms with Gasteiger partial charge >= 0.3 is 0 Å². The van der Waals surface area contributed by atoms with E-state index in [1.165, 1.54) is 334 Å². The molecule has 0 N–H and O–H groups in total. The second-order valence-corrected chi connectivity index (χ2v) is 30.1. The maximum absolute atomic E-state index is 6.79. The summed E-state index contributed by atoms with van der Waals surface area (Å²) in [6.45, 7) is 20.1. The van der Waals surface area contributed by atoms with Crippen molar-refractivity contribution in [3.63, 3.8) is 0 Å². The molecule has 0 aliphatic carbocycles. The van der Waals surface area contributed by atoms with Crippen molar-refractivity contribution < 1.29 is 18.9 Å². The van der Waals surface area contributed by atoms with Gasteiger partial charge in [0.05, 0.1) is 37.8 Å². The highest BCUT2D eigenvalue weighted by Gasteiger charge is 2.14. The van der Waals surface area contributed by atoms with E-state index >= 15 is 0 Å². The average Bonchev–Trinajstić information content (AvgIpc) is 0.834. The van der Waals surface area contributed by atoms with E-state index in [2.05, 4.69) is 125 Å². The lowest BCUT2D eigenvalue weighted by Crippen LogP contribution is -2.03. The lowest BCUT2D eigenvalue weighted by Gasteiger charge is -2.16. The van der Waals surface area contributed by atoms with Crippen molar-refractivity contribution in [2.75, 3.05) is 26.4 Å². The summed E-state index contributed by atoms with van der Waals surface area (Å²) in [6, 6.07) is 17.0. The van der Waals surface area contributed by atoms with Crippen LogP contribution in [0.1, 0.15) is 432 Å². The van der Waals surface area contributed by atoms with E-state index in [0.717, 1.165) is 93.4 Å². The second-order valence-electron chi connectivity index (χ2n) is 30.1. The van der Waals surface area contributed by atoms with Crippen molar-refractivity contribution in [1.82, 2.24) is 9.97 Å². The highest BCUT2D eigenvalue weighted by Crippen LogP contribution is 2.35. The van der Waals surface area contributed by atoms with Crippen LogP contribution in [0.5, 0.6) is 23.0 Å². The zero-order chi connectivity index (χ0) is 72.3. The first-order valence-electron chi connectivity index (χ1n) is 43.6.